The number of pyridine rings is 1. The molecule has 0 atom stereocenters. The van der Waals surface area contributed by atoms with E-state index in [-0.39, 0.29) is 23.5 Å². The number of amides is 1. The number of methoxy groups -OCH3 is 1. The molecule has 7 nitrogen and oxygen atoms in total. The Balaban J connectivity index is 2.04. The second-order valence-corrected chi connectivity index (χ2v) is 4.95. The second kappa shape index (κ2) is 7.94. The Morgan fingerprint density at radius 2 is 2.12 bits per heavy atom. The van der Waals surface area contributed by atoms with Crippen LogP contribution in [0.4, 0.5) is 5.82 Å². The van der Waals surface area contributed by atoms with Gasteiger partial charge in [0.05, 0.1) is 23.3 Å². The van der Waals surface area contributed by atoms with Crippen LogP contribution in [0.15, 0.2) is 36.5 Å². The lowest BCUT2D eigenvalue weighted by Crippen LogP contribution is -2.21. The number of benzene rings is 1. The molecule has 0 aliphatic rings. The summed E-state index contributed by atoms with van der Waals surface area (Å²) >= 11 is 5.71. The SMILES string of the molecule is COC(=O)c1ccc(C#N)c(OCC(=O)Nc2ccc(Cl)cn2)c1. The van der Waals surface area contributed by atoms with Gasteiger partial charge in [0, 0.05) is 6.20 Å². The summed E-state index contributed by atoms with van der Waals surface area (Å²) < 4.78 is 9.93. The van der Waals surface area contributed by atoms with Gasteiger partial charge in [-0.15, -0.1) is 0 Å². The molecule has 0 spiro atoms. The molecule has 1 amide bonds. The molecule has 1 N–H and O–H groups in total. The van der Waals surface area contributed by atoms with E-state index in [0.717, 1.165) is 0 Å². The molecule has 0 bridgehead atoms. The van der Waals surface area contributed by atoms with Gasteiger partial charge in [-0.3, -0.25) is 4.79 Å². The zero-order chi connectivity index (χ0) is 17.5. The molecule has 0 unspecified atom stereocenters. The number of hydrogen-bond donors (Lipinski definition) is 1. The highest BCUT2D eigenvalue weighted by atomic mass is 35.5. The maximum absolute atomic E-state index is 11.9. The summed E-state index contributed by atoms with van der Waals surface area (Å²) in [5.41, 5.74) is 0.409. The molecule has 0 saturated carbocycles. The number of nitrogens with zero attached hydrogens (tertiary/aromatic N) is 2. The fourth-order valence-electron chi connectivity index (χ4n) is 1.75. The predicted octanol–water partition coefficient (Wildman–Crippen LogP) is 2.41. The third-order valence-electron chi connectivity index (χ3n) is 2.88. The largest absolute Gasteiger partial charge is 0.482 e. The number of anilines is 1. The molecule has 1 aromatic carbocycles. The van der Waals surface area contributed by atoms with Crippen molar-refractivity contribution in [2.45, 2.75) is 0 Å². The minimum atomic E-state index is -0.570. The Hall–Kier alpha value is -3.11. The monoisotopic (exact) mass is 345 g/mol. The molecule has 0 aliphatic heterocycles. The number of carbonyl (C=O) groups excluding carboxylic acids is 2. The van der Waals surface area contributed by atoms with Crippen LogP contribution >= 0.6 is 11.6 Å². The first-order valence-corrected chi connectivity index (χ1v) is 7.08. The van der Waals surface area contributed by atoms with Crippen LogP contribution in [0.5, 0.6) is 5.75 Å². The number of esters is 1. The average molecular weight is 346 g/mol. The number of carbonyl (C=O) groups is 2. The summed E-state index contributed by atoms with van der Waals surface area (Å²) in [6.07, 6.45) is 1.39. The molecule has 122 valence electrons. The van der Waals surface area contributed by atoms with Crippen molar-refractivity contribution in [3.8, 4) is 11.8 Å². The van der Waals surface area contributed by atoms with Gasteiger partial charge < -0.3 is 14.8 Å². The van der Waals surface area contributed by atoms with Gasteiger partial charge in [0.1, 0.15) is 17.6 Å². The van der Waals surface area contributed by atoms with Crippen molar-refractivity contribution in [1.82, 2.24) is 4.98 Å². The van der Waals surface area contributed by atoms with Crippen LogP contribution in [0.3, 0.4) is 0 Å². The number of hydrogen-bond acceptors (Lipinski definition) is 6. The number of rotatable bonds is 5. The Labute approximate surface area is 142 Å². The van der Waals surface area contributed by atoms with Gasteiger partial charge in [-0.05, 0) is 30.3 Å². The van der Waals surface area contributed by atoms with Crippen LogP contribution in [0, 0.1) is 11.3 Å². The lowest BCUT2D eigenvalue weighted by molar-refractivity contribution is -0.118. The van der Waals surface area contributed by atoms with Crippen LogP contribution in [-0.4, -0.2) is 30.6 Å². The van der Waals surface area contributed by atoms with E-state index >= 15 is 0 Å². The van der Waals surface area contributed by atoms with E-state index in [1.54, 1.807) is 12.1 Å². The van der Waals surface area contributed by atoms with Crippen molar-refractivity contribution in [2.24, 2.45) is 0 Å². The fraction of sp³-hybridized carbons (Fsp3) is 0.125. The van der Waals surface area contributed by atoms with E-state index in [1.807, 2.05) is 6.07 Å². The number of nitrogens with one attached hydrogen (secondary N) is 1. The Bertz CT molecular complexity index is 800. The van der Waals surface area contributed by atoms with Gasteiger partial charge in [0.25, 0.3) is 5.91 Å². The van der Waals surface area contributed by atoms with Crippen LogP contribution in [-0.2, 0) is 9.53 Å². The fourth-order valence-corrected chi connectivity index (χ4v) is 1.86. The number of ether oxygens (including phenoxy) is 2. The van der Waals surface area contributed by atoms with Gasteiger partial charge >= 0.3 is 5.97 Å². The molecule has 0 radical (unpaired) electrons. The minimum absolute atomic E-state index is 0.111. The first kappa shape index (κ1) is 17.2. The molecule has 1 aromatic heterocycles. The molecule has 0 saturated heterocycles. The van der Waals surface area contributed by atoms with E-state index in [1.165, 1.54) is 31.5 Å². The third-order valence-corrected chi connectivity index (χ3v) is 3.10. The quantitative estimate of drug-likeness (QED) is 0.835. The molecule has 0 aliphatic carbocycles. The van der Waals surface area contributed by atoms with Crippen LogP contribution < -0.4 is 10.1 Å². The Morgan fingerprint density at radius 1 is 1.33 bits per heavy atom. The average Bonchev–Trinajstić information content (AvgIpc) is 2.61. The first-order valence-electron chi connectivity index (χ1n) is 6.70. The smallest absolute Gasteiger partial charge is 0.337 e. The van der Waals surface area contributed by atoms with Crippen molar-refractivity contribution >= 4 is 29.3 Å². The number of nitriles is 1. The van der Waals surface area contributed by atoms with Gasteiger partial charge in [-0.2, -0.15) is 5.26 Å². The van der Waals surface area contributed by atoms with Gasteiger partial charge in [0.15, 0.2) is 6.61 Å². The van der Waals surface area contributed by atoms with Gasteiger partial charge in [0.2, 0.25) is 0 Å². The molecule has 24 heavy (non-hydrogen) atoms. The van der Waals surface area contributed by atoms with E-state index < -0.39 is 11.9 Å². The number of aromatic nitrogens is 1. The van der Waals surface area contributed by atoms with Crippen molar-refractivity contribution in [3.05, 3.63) is 52.7 Å². The molecule has 2 rings (SSSR count). The van der Waals surface area contributed by atoms with Crippen molar-refractivity contribution < 1.29 is 19.1 Å². The molecular formula is C16H12ClN3O4. The Kier molecular flexibility index (Phi) is 5.71. The van der Waals surface area contributed by atoms with Crippen molar-refractivity contribution in [3.63, 3.8) is 0 Å². The van der Waals surface area contributed by atoms with E-state index in [9.17, 15) is 9.59 Å². The third kappa shape index (κ3) is 4.44. The molecule has 1 heterocycles. The highest BCUT2D eigenvalue weighted by molar-refractivity contribution is 6.30. The molecular weight excluding hydrogens is 334 g/mol. The Morgan fingerprint density at radius 3 is 2.75 bits per heavy atom. The normalized spacial score (nSPS) is 9.71. The summed E-state index contributed by atoms with van der Waals surface area (Å²) in [6, 6.07) is 9.25. The maximum Gasteiger partial charge on any atom is 0.337 e. The standard InChI is InChI=1S/C16H12ClN3O4/c1-23-16(22)10-2-3-11(7-18)13(6-10)24-9-15(21)20-14-5-4-12(17)8-19-14/h2-6,8H,9H2,1H3,(H,19,20,21). The van der Waals surface area contributed by atoms with Crippen LogP contribution in [0.2, 0.25) is 5.02 Å². The summed E-state index contributed by atoms with van der Waals surface area (Å²) in [6.45, 7) is -0.358. The van der Waals surface area contributed by atoms with Crippen LogP contribution in [0.1, 0.15) is 15.9 Å². The predicted molar refractivity (Wildman–Crippen MR) is 85.9 cm³/mol. The summed E-state index contributed by atoms with van der Waals surface area (Å²) in [7, 11) is 1.24. The molecule has 0 fully saturated rings. The lowest BCUT2D eigenvalue weighted by Gasteiger charge is -2.09. The minimum Gasteiger partial charge on any atom is -0.482 e. The maximum atomic E-state index is 11.9. The topological polar surface area (TPSA) is 101 Å². The highest BCUT2D eigenvalue weighted by Crippen LogP contribution is 2.20. The zero-order valence-corrected chi connectivity index (χ0v) is 13.3. The van der Waals surface area contributed by atoms with E-state index in [4.69, 9.17) is 21.6 Å². The molecule has 8 heteroatoms. The second-order valence-electron chi connectivity index (χ2n) is 4.51. The zero-order valence-electron chi connectivity index (χ0n) is 12.6. The number of halogens is 1. The first-order chi connectivity index (χ1) is 11.5. The van der Waals surface area contributed by atoms with Crippen LogP contribution in [0.25, 0.3) is 0 Å². The van der Waals surface area contributed by atoms with E-state index in [2.05, 4.69) is 15.0 Å². The summed E-state index contributed by atoms with van der Waals surface area (Å²) in [4.78, 5) is 27.3. The van der Waals surface area contributed by atoms with Crippen molar-refractivity contribution in [2.75, 3.05) is 19.0 Å². The summed E-state index contributed by atoms with van der Waals surface area (Å²) in [5, 5.41) is 12.0. The highest BCUT2D eigenvalue weighted by Gasteiger charge is 2.12. The van der Waals surface area contributed by atoms with E-state index in [0.29, 0.717) is 10.8 Å². The molecule has 2 aromatic rings. The van der Waals surface area contributed by atoms with Gasteiger partial charge in [-0.25, -0.2) is 9.78 Å². The summed E-state index contributed by atoms with van der Waals surface area (Å²) in [5.74, 6) is -0.618. The van der Waals surface area contributed by atoms with Gasteiger partial charge in [-0.1, -0.05) is 11.6 Å². The van der Waals surface area contributed by atoms with Crippen molar-refractivity contribution in [1.29, 1.82) is 5.26 Å². The lowest BCUT2D eigenvalue weighted by atomic mass is 10.1.